The fraction of sp³-hybridized carbons (Fsp3) is 0.667. The van der Waals surface area contributed by atoms with E-state index in [1.165, 1.54) is 22.7 Å². The van der Waals surface area contributed by atoms with Crippen LogP contribution in [0.5, 0.6) is 0 Å². The molecule has 2 rings (SSSR count). The first-order chi connectivity index (χ1) is 14.8. The standard InChI is InChI=1S/C18H28N6O4S3/c1-11(2)9-27-17(25)19-15-23-21-13(30-15)5-7-29-8-6-14-22-24-16(31-14)20-18(26)28-10-12(3)4/h11-12H,5-10H2,1-4H3,(H,19,23,25)(H,20,24,26). The molecular weight excluding hydrogens is 460 g/mol. The van der Waals surface area contributed by atoms with E-state index in [4.69, 9.17) is 9.47 Å². The van der Waals surface area contributed by atoms with Crippen LogP contribution in [-0.2, 0) is 22.3 Å². The molecular formula is C18H28N6O4S3. The van der Waals surface area contributed by atoms with Crippen molar-refractivity contribution in [2.75, 3.05) is 35.4 Å². The zero-order chi connectivity index (χ0) is 22.6. The molecule has 2 N–H and O–H groups in total. The molecule has 0 saturated heterocycles. The van der Waals surface area contributed by atoms with E-state index in [1.54, 1.807) is 11.8 Å². The van der Waals surface area contributed by atoms with Gasteiger partial charge < -0.3 is 9.47 Å². The predicted octanol–water partition coefficient (Wildman–Crippen LogP) is 4.32. The number of aryl methyl sites for hydroxylation is 2. The number of thioether (sulfide) groups is 1. The highest BCUT2D eigenvalue weighted by Gasteiger charge is 2.11. The van der Waals surface area contributed by atoms with Crippen molar-refractivity contribution in [1.82, 2.24) is 20.4 Å². The average molecular weight is 489 g/mol. The number of ether oxygens (including phenoxy) is 2. The van der Waals surface area contributed by atoms with Gasteiger partial charge in [-0.1, -0.05) is 50.4 Å². The molecule has 0 aliphatic heterocycles. The molecule has 0 fully saturated rings. The van der Waals surface area contributed by atoms with Crippen LogP contribution in [0.25, 0.3) is 0 Å². The Kier molecular flexibility index (Phi) is 10.9. The van der Waals surface area contributed by atoms with Crippen molar-refractivity contribution in [2.24, 2.45) is 11.8 Å². The Hall–Kier alpha value is -1.99. The Labute approximate surface area is 193 Å². The molecule has 2 amide bonds. The van der Waals surface area contributed by atoms with E-state index in [2.05, 4.69) is 31.0 Å². The Balaban J connectivity index is 1.60. The minimum Gasteiger partial charge on any atom is -0.449 e. The van der Waals surface area contributed by atoms with Gasteiger partial charge in [0.15, 0.2) is 0 Å². The lowest BCUT2D eigenvalue weighted by Crippen LogP contribution is -2.16. The van der Waals surface area contributed by atoms with Crippen LogP contribution in [0.15, 0.2) is 0 Å². The number of amides is 2. The highest BCUT2D eigenvalue weighted by atomic mass is 32.2. The summed E-state index contributed by atoms with van der Waals surface area (Å²) in [5.41, 5.74) is 0. The van der Waals surface area contributed by atoms with Gasteiger partial charge >= 0.3 is 12.2 Å². The number of carbonyl (C=O) groups excluding carboxylic acids is 2. The normalized spacial score (nSPS) is 11.0. The van der Waals surface area contributed by atoms with Crippen LogP contribution in [0.4, 0.5) is 19.9 Å². The summed E-state index contributed by atoms with van der Waals surface area (Å²) >= 11 is 4.45. The summed E-state index contributed by atoms with van der Waals surface area (Å²) in [7, 11) is 0. The number of carbonyl (C=O) groups is 2. The first-order valence-electron chi connectivity index (χ1n) is 9.92. The summed E-state index contributed by atoms with van der Waals surface area (Å²) in [5, 5.41) is 23.9. The average Bonchev–Trinajstić information content (AvgIpc) is 3.34. The zero-order valence-electron chi connectivity index (χ0n) is 18.0. The fourth-order valence-electron chi connectivity index (χ4n) is 1.96. The summed E-state index contributed by atoms with van der Waals surface area (Å²) in [6, 6.07) is 0. The molecule has 0 spiro atoms. The van der Waals surface area contributed by atoms with E-state index in [-0.39, 0.29) is 11.8 Å². The van der Waals surface area contributed by atoms with E-state index in [1.807, 2.05) is 27.7 Å². The second-order valence-corrected chi connectivity index (χ2v) is 10.7. The lowest BCUT2D eigenvalue weighted by atomic mass is 10.2. The van der Waals surface area contributed by atoms with Crippen LogP contribution in [-0.4, -0.2) is 57.3 Å². The van der Waals surface area contributed by atoms with E-state index >= 15 is 0 Å². The topological polar surface area (TPSA) is 128 Å². The molecule has 172 valence electrons. The Bertz CT molecular complexity index is 761. The SMILES string of the molecule is CC(C)COC(=O)Nc1nnc(CCSCCc2nnc(NC(=O)OCC(C)C)s2)s1. The molecule has 0 aliphatic rings. The Morgan fingerprint density at radius 2 is 1.23 bits per heavy atom. The van der Waals surface area contributed by atoms with Gasteiger partial charge in [0.25, 0.3) is 0 Å². The van der Waals surface area contributed by atoms with Gasteiger partial charge in [-0.25, -0.2) is 9.59 Å². The van der Waals surface area contributed by atoms with Gasteiger partial charge in [-0.2, -0.15) is 11.8 Å². The monoisotopic (exact) mass is 488 g/mol. The maximum absolute atomic E-state index is 11.6. The van der Waals surface area contributed by atoms with Crippen LogP contribution < -0.4 is 10.6 Å². The Morgan fingerprint density at radius 3 is 1.61 bits per heavy atom. The van der Waals surface area contributed by atoms with Crippen molar-refractivity contribution in [3.05, 3.63) is 10.0 Å². The number of anilines is 2. The molecule has 13 heteroatoms. The van der Waals surface area contributed by atoms with Crippen LogP contribution >= 0.6 is 34.4 Å². The van der Waals surface area contributed by atoms with Crippen molar-refractivity contribution in [2.45, 2.75) is 40.5 Å². The van der Waals surface area contributed by atoms with Gasteiger partial charge in [-0.15, -0.1) is 20.4 Å². The van der Waals surface area contributed by atoms with Gasteiger partial charge in [0.2, 0.25) is 10.3 Å². The van der Waals surface area contributed by atoms with E-state index < -0.39 is 12.2 Å². The smallest absolute Gasteiger partial charge is 0.413 e. The van der Waals surface area contributed by atoms with Gasteiger partial charge in [-0.3, -0.25) is 10.6 Å². The molecule has 0 atom stereocenters. The van der Waals surface area contributed by atoms with Crippen LogP contribution in [0.1, 0.15) is 37.7 Å². The van der Waals surface area contributed by atoms with E-state index in [0.29, 0.717) is 23.5 Å². The van der Waals surface area contributed by atoms with Gasteiger partial charge in [0, 0.05) is 12.8 Å². The molecule has 0 unspecified atom stereocenters. The molecule has 0 aliphatic carbocycles. The van der Waals surface area contributed by atoms with Crippen LogP contribution in [0.3, 0.4) is 0 Å². The lowest BCUT2D eigenvalue weighted by molar-refractivity contribution is 0.147. The highest BCUT2D eigenvalue weighted by molar-refractivity contribution is 7.99. The Morgan fingerprint density at radius 1 is 0.806 bits per heavy atom. The number of aromatic nitrogens is 4. The van der Waals surface area contributed by atoms with Crippen LogP contribution in [0, 0.1) is 11.8 Å². The molecule has 0 radical (unpaired) electrons. The number of hydrogen-bond donors (Lipinski definition) is 2. The minimum atomic E-state index is -0.509. The third kappa shape index (κ3) is 10.7. The molecule has 0 saturated carbocycles. The molecule has 0 aromatic carbocycles. The molecule has 2 aromatic heterocycles. The summed E-state index contributed by atoms with van der Waals surface area (Å²) in [4.78, 5) is 23.3. The van der Waals surface area contributed by atoms with Gasteiger partial charge in [-0.05, 0) is 23.3 Å². The van der Waals surface area contributed by atoms with Crippen molar-refractivity contribution in [3.8, 4) is 0 Å². The first-order valence-corrected chi connectivity index (χ1v) is 12.7. The molecule has 10 nitrogen and oxygen atoms in total. The number of hydrogen-bond acceptors (Lipinski definition) is 11. The minimum absolute atomic E-state index is 0.280. The zero-order valence-corrected chi connectivity index (χ0v) is 20.5. The van der Waals surface area contributed by atoms with Crippen molar-refractivity contribution < 1.29 is 19.1 Å². The van der Waals surface area contributed by atoms with Crippen molar-refractivity contribution in [3.63, 3.8) is 0 Å². The maximum atomic E-state index is 11.6. The number of rotatable bonds is 12. The third-order valence-electron chi connectivity index (χ3n) is 3.37. The fourth-order valence-corrected chi connectivity index (χ4v) is 4.55. The summed E-state index contributed by atoms with van der Waals surface area (Å²) in [6.07, 6.45) is 0.500. The van der Waals surface area contributed by atoms with Gasteiger partial charge in [0.1, 0.15) is 10.0 Å². The predicted molar refractivity (Wildman–Crippen MR) is 124 cm³/mol. The van der Waals surface area contributed by atoms with Gasteiger partial charge in [0.05, 0.1) is 13.2 Å². The number of nitrogens with zero attached hydrogens (tertiary/aromatic N) is 4. The van der Waals surface area contributed by atoms with Crippen molar-refractivity contribution in [1.29, 1.82) is 0 Å². The highest BCUT2D eigenvalue weighted by Crippen LogP contribution is 2.20. The first kappa shape index (κ1) is 25.3. The summed E-state index contributed by atoms with van der Waals surface area (Å²) < 4.78 is 10.1. The van der Waals surface area contributed by atoms with E-state index in [9.17, 15) is 9.59 Å². The van der Waals surface area contributed by atoms with Crippen molar-refractivity contribution >= 4 is 56.9 Å². The van der Waals surface area contributed by atoms with Crippen LogP contribution in [0.2, 0.25) is 0 Å². The second-order valence-electron chi connectivity index (χ2n) is 7.35. The lowest BCUT2D eigenvalue weighted by Gasteiger charge is -2.06. The summed E-state index contributed by atoms with van der Waals surface area (Å²) in [5.74, 6) is 2.31. The quantitative estimate of drug-likeness (QED) is 0.420. The van der Waals surface area contributed by atoms with E-state index in [0.717, 1.165) is 34.4 Å². The summed E-state index contributed by atoms with van der Waals surface area (Å²) in [6.45, 7) is 8.61. The third-order valence-corrected chi connectivity index (χ3v) is 6.15. The molecule has 31 heavy (non-hydrogen) atoms. The molecule has 2 aromatic rings. The number of nitrogens with one attached hydrogen (secondary N) is 2. The largest absolute Gasteiger partial charge is 0.449 e. The molecule has 2 heterocycles. The molecule has 0 bridgehead atoms. The maximum Gasteiger partial charge on any atom is 0.413 e. The second kappa shape index (κ2) is 13.4.